The van der Waals surface area contributed by atoms with E-state index in [1.165, 1.54) is 0 Å². The van der Waals surface area contributed by atoms with E-state index in [1.54, 1.807) is 36.2 Å². The topological polar surface area (TPSA) is 70.7 Å². The summed E-state index contributed by atoms with van der Waals surface area (Å²) in [5.74, 6) is 2.23. The van der Waals surface area contributed by atoms with Gasteiger partial charge in [0.15, 0.2) is 5.16 Å². The number of methoxy groups -OCH3 is 1. The highest BCUT2D eigenvalue weighted by molar-refractivity contribution is 7.98. The van der Waals surface area contributed by atoms with Crippen LogP contribution in [0.1, 0.15) is 5.82 Å². The standard InChI is InChI=1S/C13H14N6OS/c1-18-9-15-17-13(18)21-7-12-14-8-16-19(12)10-5-3-4-6-11(10)20-2/h3-6,8-9H,7H2,1-2H3. The minimum absolute atomic E-state index is 0.643. The second kappa shape index (κ2) is 5.96. The maximum absolute atomic E-state index is 5.37. The molecule has 2 heterocycles. The first-order valence-corrected chi connectivity index (χ1v) is 7.27. The molecule has 2 aromatic heterocycles. The SMILES string of the molecule is COc1ccccc1-n1ncnc1CSc1nncn1C. The van der Waals surface area contributed by atoms with Gasteiger partial charge in [0.2, 0.25) is 0 Å². The summed E-state index contributed by atoms with van der Waals surface area (Å²) in [5.41, 5.74) is 0.867. The highest BCUT2D eigenvalue weighted by Crippen LogP contribution is 2.25. The molecule has 0 spiro atoms. The molecule has 0 bridgehead atoms. The van der Waals surface area contributed by atoms with Crippen LogP contribution in [0, 0.1) is 0 Å². The number of aromatic nitrogens is 6. The molecule has 3 rings (SSSR count). The van der Waals surface area contributed by atoms with E-state index in [0.717, 1.165) is 22.4 Å². The molecule has 0 N–H and O–H groups in total. The van der Waals surface area contributed by atoms with Crippen molar-refractivity contribution in [3.8, 4) is 11.4 Å². The van der Waals surface area contributed by atoms with Gasteiger partial charge in [-0.2, -0.15) is 5.10 Å². The molecule has 3 aromatic rings. The first-order valence-electron chi connectivity index (χ1n) is 6.28. The third kappa shape index (κ3) is 2.75. The summed E-state index contributed by atoms with van der Waals surface area (Å²) in [4.78, 5) is 4.32. The van der Waals surface area contributed by atoms with Crippen molar-refractivity contribution >= 4 is 11.8 Å². The van der Waals surface area contributed by atoms with E-state index in [1.807, 2.05) is 35.9 Å². The number of rotatable bonds is 5. The Balaban J connectivity index is 1.86. The lowest BCUT2D eigenvalue weighted by Crippen LogP contribution is -2.04. The Bertz CT molecular complexity index is 738. The number of nitrogens with zero attached hydrogens (tertiary/aromatic N) is 6. The minimum atomic E-state index is 0.643. The molecule has 7 nitrogen and oxygen atoms in total. The van der Waals surface area contributed by atoms with Crippen LogP contribution in [0.25, 0.3) is 5.69 Å². The molecule has 0 unspecified atom stereocenters. The molecule has 0 amide bonds. The molecule has 0 saturated carbocycles. The van der Waals surface area contributed by atoms with Crippen LogP contribution in [0.15, 0.2) is 42.1 Å². The highest BCUT2D eigenvalue weighted by atomic mass is 32.2. The van der Waals surface area contributed by atoms with Crippen LogP contribution in [-0.4, -0.2) is 36.6 Å². The second-order valence-corrected chi connectivity index (χ2v) is 5.22. The molecule has 0 aliphatic heterocycles. The summed E-state index contributed by atoms with van der Waals surface area (Å²) in [5, 5.41) is 13.0. The van der Waals surface area contributed by atoms with Crippen LogP contribution >= 0.6 is 11.8 Å². The number of aryl methyl sites for hydroxylation is 1. The van der Waals surface area contributed by atoms with Gasteiger partial charge >= 0.3 is 0 Å². The van der Waals surface area contributed by atoms with Crippen LogP contribution < -0.4 is 4.74 Å². The number of hydrogen-bond donors (Lipinski definition) is 0. The van der Waals surface area contributed by atoms with Gasteiger partial charge in [-0.1, -0.05) is 23.9 Å². The van der Waals surface area contributed by atoms with Gasteiger partial charge in [-0.15, -0.1) is 10.2 Å². The lowest BCUT2D eigenvalue weighted by molar-refractivity contribution is 0.411. The summed E-state index contributed by atoms with van der Waals surface area (Å²) in [7, 11) is 3.55. The van der Waals surface area contributed by atoms with E-state index in [0.29, 0.717) is 5.75 Å². The first-order chi connectivity index (χ1) is 10.3. The fourth-order valence-electron chi connectivity index (χ4n) is 1.90. The quantitative estimate of drug-likeness (QED) is 0.668. The van der Waals surface area contributed by atoms with Crippen molar-refractivity contribution in [2.45, 2.75) is 10.9 Å². The molecule has 0 saturated heterocycles. The molecule has 0 fully saturated rings. The maximum Gasteiger partial charge on any atom is 0.191 e. The Morgan fingerprint density at radius 2 is 2.14 bits per heavy atom. The average Bonchev–Trinajstić information content (AvgIpc) is 3.13. The van der Waals surface area contributed by atoms with Crippen molar-refractivity contribution in [1.29, 1.82) is 0 Å². The molecule has 0 radical (unpaired) electrons. The molecule has 0 atom stereocenters. The van der Waals surface area contributed by atoms with Crippen molar-refractivity contribution in [3.63, 3.8) is 0 Å². The van der Waals surface area contributed by atoms with Gasteiger partial charge in [-0.05, 0) is 12.1 Å². The number of ether oxygens (including phenoxy) is 1. The largest absolute Gasteiger partial charge is 0.494 e. The summed E-state index contributed by atoms with van der Waals surface area (Å²) in [6.07, 6.45) is 3.21. The van der Waals surface area contributed by atoms with Gasteiger partial charge in [0, 0.05) is 7.05 Å². The van der Waals surface area contributed by atoms with Crippen LogP contribution in [0.3, 0.4) is 0 Å². The van der Waals surface area contributed by atoms with Crippen LogP contribution in [0.2, 0.25) is 0 Å². The number of thioether (sulfide) groups is 1. The lowest BCUT2D eigenvalue weighted by atomic mass is 10.3. The number of hydrogen-bond acceptors (Lipinski definition) is 6. The van der Waals surface area contributed by atoms with E-state index >= 15 is 0 Å². The zero-order chi connectivity index (χ0) is 14.7. The third-order valence-corrected chi connectivity index (χ3v) is 3.96. The van der Waals surface area contributed by atoms with Crippen LogP contribution in [0.4, 0.5) is 0 Å². The van der Waals surface area contributed by atoms with E-state index in [2.05, 4.69) is 20.3 Å². The predicted molar refractivity (Wildman–Crippen MR) is 78.5 cm³/mol. The Morgan fingerprint density at radius 1 is 1.29 bits per heavy atom. The Morgan fingerprint density at radius 3 is 2.90 bits per heavy atom. The Hall–Kier alpha value is -2.35. The minimum Gasteiger partial charge on any atom is -0.494 e. The highest BCUT2D eigenvalue weighted by Gasteiger charge is 2.12. The Labute approximate surface area is 126 Å². The molecule has 1 aromatic carbocycles. The molecular weight excluding hydrogens is 288 g/mol. The maximum atomic E-state index is 5.37. The average molecular weight is 302 g/mol. The van der Waals surface area contributed by atoms with Crippen molar-refractivity contribution in [2.24, 2.45) is 7.05 Å². The summed E-state index contributed by atoms with van der Waals surface area (Å²) < 4.78 is 9.02. The smallest absolute Gasteiger partial charge is 0.191 e. The Kier molecular flexibility index (Phi) is 3.87. The normalized spacial score (nSPS) is 10.8. The molecule has 0 aliphatic carbocycles. The van der Waals surface area contributed by atoms with Gasteiger partial charge in [-0.25, -0.2) is 9.67 Å². The first kappa shape index (κ1) is 13.6. The van der Waals surface area contributed by atoms with Crippen LogP contribution in [0.5, 0.6) is 5.75 Å². The third-order valence-electron chi connectivity index (χ3n) is 2.93. The van der Waals surface area contributed by atoms with Crippen molar-refractivity contribution < 1.29 is 4.74 Å². The second-order valence-electron chi connectivity index (χ2n) is 4.27. The van der Waals surface area contributed by atoms with Crippen molar-refractivity contribution in [2.75, 3.05) is 7.11 Å². The molecule has 21 heavy (non-hydrogen) atoms. The number of benzene rings is 1. The number of para-hydroxylation sites is 2. The van der Waals surface area contributed by atoms with E-state index in [9.17, 15) is 0 Å². The zero-order valence-electron chi connectivity index (χ0n) is 11.7. The fraction of sp³-hybridized carbons (Fsp3) is 0.231. The predicted octanol–water partition coefficient (Wildman–Crippen LogP) is 1.70. The summed E-state index contributed by atoms with van der Waals surface area (Å²) >= 11 is 1.56. The summed E-state index contributed by atoms with van der Waals surface area (Å²) in [6.45, 7) is 0. The monoisotopic (exact) mass is 302 g/mol. The molecular formula is C13H14N6OS. The van der Waals surface area contributed by atoms with Crippen molar-refractivity contribution in [3.05, 3.63) is 42.7 Å². The van der Waals surface area contributed by atoms with Crippen molar-refractivity contribution in [1.82, 2.24) is 29.5 Å². The van der Waals surface area contributed by atoms with E-state index < -0.39 is 0 Å². The lowest BCUT2D eigenvalue weighted by Gasteiger charge is -2.10. The van der Waals surface area contributed by atoms with E-state index in [-0.39, 0.29) is 0 Å². The van der Waals surface area contributed by atoms with Gasteiger partial charge in [-0.3, -0.25) is 0 Å². The molecule has 108 valence electrons. The zero-order valence-corrected chi connectivity index (χ0v) is 12.5. The van der Waals surface area contributed by atoms with Crippen LogP contribution in [-0.2, 0) is 12.8 Å². The molecule has 8 heteroatoms. The van der Waals surface area contributed by atoms with E-state index in [4.69, 9.17) is 4.74 Å². The summed E-state index contributed by atoms with van der Waals surface area (Å²) in [6, 6.07) is 7.72. The van der Waals surface area contributed by atoms with Gasteiger partial charge in [0.05, 0.1) is 12.9 Å². The fourth-order valence-corrected chi connectivity index (χ4v) is 2.71. The van der Waals surface area contributed by atoms with Gasteiger partial charge < -0.3 is 9.30 Å². The van der Waals surface area contributed by atoms with Gasteiger partial charge in [0.25, 0.3) is 0 Å². The van der Waals surface area contributed by atoms with Gasteiger partial charge in [0.1, 0.15) is 29.9 Å². The molecule has 0 aliphatic rings.